The summed E-state index contributed by atoms with van der Waals surface area (Å²) in [5.41, 5.74) is 2.10. The van der Waals surface area contributed by atoms with Crippen molar-refractivity contribution in [2.45, 2.75) is 13.5 Å². The fourth-order valence-corrected chi connectivity index (χ4v) is 4.52. The van der Waals surface area contributed by atoms with E-state index < -0.39 is 5.97 Å². The summed E-state index contributed by atoms with van der Waals surface area (Å²) in [5, 5.41) is 13.9. The molecule has 0 aliphatic carbocycles. The average molecular weight is 648 g/mol. The number of benzene rings is 3. The molecule has 0 unspecified atom stereocenters. The zero-order chi connectivity index (χ0) is 25.1. The Morgan fingerprint density at radius 1 is 1.20 bits per heavy atom. The van der Waals surface area contributed by atoms with E-state index in [1.807, 2.05) is 12.1 Å². The molecule has 0 radical (unpaired) electrons. The van der Waals surface area contributed by atoms with Crippen LogP contribution in [0, 0.1) is 10.5 Å². The minimum Gasteiger partial charge on any atom is -0.493 e. The summed E-state index contributed by atoms with van der Waals surface area (Å²) < 4.78 is 14.3. The molecule has 0 saturated heterocycles. The largest absolute Gasteiger partial charge is 0.493 e. The first-order valence-electron chi connectivity index (χ1n) is 10.3. The molecule has 4 rings (SSSR count). The van der Waals surface area contributed by atoms with Crippen LogP contribution >= 0.6 is 38.5 Å². The van der Waals surface area contributed by atoms with E-state index in [0.717, 1.165) is 13.6 Å². The molecule has 0 atom stereocenters. The Morgan fingerprint density at radius 2 is 1.94 bits per heavy atom. The first-order chi connectivity index (χ1) is 16.8. The van der Waals surface area contributed by atoms with Gasteiger partial charge in [-0.2, -0.15) is 9.78 Å². The second kappa shape index (κ2) is 10.6. The number of rotatable bonds is 7. The summed E-state index contributed by atoms with van der Waals surface area (Å²) >= 11 is 5.53. The van der Waals surface area contributed by atoms with Crippen LogP contribution in [0.3, 0.4) is 0 Å². The lowest BCUT2D eigenvalue weighted by Crippen LogP contribution is -2.20. The molecule has 0 fully saturated rings. The molecule has 10 heteroatoms. The van der Waals surface area contributed by atoms with Gasteiger partial charge in [-0.3, -0.25) is 4.79 Å². The standard InChI is InChI=1S/C25H19BrIN3O5/c1-14-29-21-8-7-18(26)11-19(21)24(31)30(14)28-12-16-9-20(27)23(22(10-16)34-2)35-13-15-3-5-17(6-4-15)25(32)33/h3-12H,13H2,1-2H3,(H,32,33). The van der Waals surface area contributed by atoms with Gasteiger partial charge in [-0.1, -0.05) is 28.1 Å². The molecular formula is C25H19BrIN3O5. The lowest BCUT2D eigenvalue weighted by Gasteiger charge is -2.14. The second-order valence-corrected chi connectivity index (χ2v) is 9.58. The minimum absolute atomic E-state index is 0.216. The topological polar surface area (TPSA) is 103 Å². The summed E-state index contributed by atoms with van der Waals surface area (Å²) in [4.78, 5) is 28.4. The van der Waals surface area contributed by atoms with Gasteiger partial charge in [0.25, 0.3) is 5.56 Å². The number of carboxylic acid groups (broad SMARTS) is 1. The molecular weight excluding hydrogens is 629 g/mol. The maximum Gasteiger partial charge on any atom is 0.335 e. The number of hydrogen-bond acceptors (Lipinski definition) is 6. The normalized spacial score (nSPS) is 11.2. The van der Waals surface area contributed by atoms with E-state index in [1.165, 1.54) is 16.8 Å². The highest BCUT2D eigenvalue weighted by Gasteiger charge is 2.13. The molecule has 4 aromatic rings. The molecule has 3 aromatic carbocycles. The monoisotopic (exact) mass is 647 g/mol. The van der Waals surface area contributed by atoms with Crippen LogP contribution in [0.1, 0.15) is 27.3 Å². The summed E-state index contributed by atoms with van der Waals surface area (Å²) in [5.74, 6) is 0.551. The van der Waals surface area contributed by atoms with Gasteiger partial charge >= 0.3 is 5.97 Å². The van der Waals surface area contributed by atoms with E-state index in [0.29, 0.717) is 33.8 Å². The van der Waals surface area contributed by atoms with Gasteiger partial charge < -0.3 is 14.6 Å². The van der Waals surface area contributed by atoms with E-state index in [-0.39, 0.29) is 17.7 Å². The van der Waals surface area contributed by atoms with Gasteiger partial charge in [0.1, 0.15) is 12.4 Å². The smallest absolute Gasteiger partial charge is 0.335 e. The van der Waals surface area contributed by atoms with Gasteiger partial charge in [0.15, 0.2) is 11.5 Å². The van der Waals surface area contributed by atoms with Gasteiger partial charge in [0.05, 0.1) is 33.4 Å². The number of aryl methyl sites for hydroxylation is 1. The van der Waals surface area contributed by atoms with Gasteiger partial charge in [-0.05, 0) is 83.1 Å². The van der Waals surface area contributed by atoms with Crippen LogP contribution < -0.4 is 15.0 Å². The van der Waals surface area contributed by atoms with Gasteiger partial charge in [-0.25, -0.2) is 9.78 Å². The Kier molecular flexibility index (Phi) is 7.51. The number of methoxy groups -OCH3 is 1. The molecule has 0 spiro atoms. The van der Waals surface area contributed by atoms with E-state index in [4.69, 9.17) is 14.6 Å². The fourth-order valence-electron chi connectivity index (χ4n) is 3.37. The predicted molar refractivity (Wildman–Crippen MR) is 145 cm³/mol. The van der Waals surface area contributed by atoms with E-state index in [1.54, 1.807) is 50.6 Å². The number of fused-ring (bicyclic) bond motifs is 1. The molecule has 8 nitrogen and oxygen atoms in total. The van der Waals surface area contributed by atoms with Crippen molar-refractivity contribution in [2.24, 2.45) is 5.10 Å². The number of carbonyl (C=O) groups is 1. The number of aromatic nitrogens is 2. The zero-order valence-electron chi connectivity index (χ0n) is 18.7. The van der Waals surface area contributed by atoms with E-state index >= 15 is 0 Å². The van der Waals surface area contributed by atoms with Crippen molar-refractivity contribution in [1.82, 2.24) is 9.66 Å². The third-order valence-corrected chi connectivity index (χ3v) is 6.42. The number of hydrogen-bond donors (Lipinski definition) is 1. The molecule has 1 N–H and O–H groups in total. The van der Waals surface area contributed by atoms with Crippen LogP contribution in [0.4, 0.5) is 0 Å². The number of aromatic carboxylic acids is 1. The summed E-state index contributed by atoms with van der Waals surface area (Å²) in [6, 6.07) is 15.5. The molecule has 0 bridgehead atoms. The van der Waals surface area contributed by atoms with Crippen LogP contribution in [0.5, 0.6) is 11.5 Å². The molecule has 1 heterocycles. The third kappa shape index (κ3) is 5.54. The number of carboxylic acids is 1. The third-order valence-electron chi connectivity index (χ3n) is 5.13. The summed E-state index contributed by atoms with van der Waals surface area (Å²) in [7, 11) is 1.54. The number of ether oxygens (including phenoxy) is 2. The van der Waals surface area contributed by atoms with Crippen LogP contribution in [-0.2, 0) is 6.61 Å². The van der Waals surface area contributed by atoms with Crippen molar-refractivity contribution >= 4 is 61.6 Å². The highest BCUT2D eigenvalue weighted by atomic mass is 127. The summed E-state index contributed by atoms with van der Waals surface area (Å²) in [6.45, 7) is 1.97. The van der Waals surface area contributed by atoms with Crippen molar-refractivity contribution in [3.05, 3.63) is 95.5 Å². The molecule has 178 valence electrons. The van der Waals surface area contributed by atoms with Crippen LogP contribution in [0.25, 0.3) is 10.9 Å². The molecule has 0 amide bonds. The number of halogens is 2. The van der Waals surface area contributed by atoms with Gasteiger partial charge in [-0.15, -0.1) is 0 Å². The second-order valence-electron chi connectivity index (χ2n) is 7.51. The van der Waals surface area contributed by atoms with Crippen LogP contribution in [0.15, 0.2) is 69.0 Å². The van der Waals surface area contributed by atoms with Crippen molar-refractivity contribution in [3.63, 3.8) is 0 Å². The molecule has 0 aliphatic rings. The van der Waals surface area contributed by atoms with E-state index in [9.17, 15) is 9.59 Å². The highest BCUT2D eigenvalue weighted by Crippen LogP contribution is 2.34. The Balaban J connectivity index is 1.60. The summed E-state index contributed by atoms with van der Waals surface area (Å²) in [6.07, 6.45) is 1.57. The average Bonchev–Trinajstić information content (AvgIpc) is 2.83. The lowest BCUT2D eigenvalue weighted by molar-refractivity contribution is 0.0697. The Hall–Kier alpha value is -3.25. The number of nitrogens with zero attached hydrogens (tertiary/aromatic N) is 3. The van der Waals surface area contributed by atoms with Crippen molar-refractivity contribution in [2.75, 3.05) is 7.11 Å². The first-order valence-corrected chi connectivity index (χ1v) is 12.2. The maximum atomic E-state index is 13.0. The van der Waals surface area contributed by atoms with Crippen molar-refractivity contribution in [3.8, 4) is 11.5 Å². The molecule has 0 aliphatic heterocycles. The Morgan fingerprint density at radius 3 is 2.63 bits per heavy atom. The van der Waals surface area contributed by atoms with Crippen LogP contribution in [-0.4, -0.2) is 34.1 Å². The first kappa shape index (κ1) is 24.9. The Labute approximate surface area is 222 Å². The predicted octanol–water partition coefficient (Wildman–Crippen LogP) is 5.24. The van der Waals surface area contributed by atoms with Crippen LogP contribution in [0.2, 0.25) is 0 Å². The fraction of sp³-hybridized carbons (Fsp3) is 0.120. The van der Waals surface area contributed by atoms with Crippen molar-refractivity contribution in [1.29, 1.82) is 0 Å². The SMILES string of the molecule is COc1cc(C=Nn2c(C)nc3ccc(Br)cc3c2=O)cc(I)c1OCc1ccc(C(=O)O)cc1. The zero-order valence-corrected chi connectivity index (χ0v) is 22.4. The molecule has 0 saturated carbocycles. The minimum atomic E-state index is -0.976. The van der Waals surface area contributed by atoms with Gasteiger partial charge in [0, 0.05) is 4.47 Å². The maximum absolute atomic E-state index is 13.0. The Bertz CT molecular complexity index is 1520. The van der Waals surface area contributed by atoms with Crippen molar-refractivity contribution < 1.29 is 19.4 Å². The molecule has 1 aromatic heterocycles. The highest BCUT2D eigenvalue weighted by molar-refractivity contribution is 14.1. The quantitative estimate of drug-likeness (QED) is 0.217. The molecule has 35 heavy (non-hydrogen) atoms. The van der Waals surface area contributed by atoms with Gasteiger partial charge in [0.2, 0.25) is 0 Å². The lowest BCUT2D eigenvalue weighted by atomic mass is 10.1. The van der Waals surface area contributed by atoms with E-state index in [2.05, 4.69) is 48.6 Å².